The molecule has 0 radical (unpaired) electrons. The zero-order chi connectivity index (χ0) is 18.3. The molecule has 0 aliphatic carbocycles. The molecular formula is C21H28ClNO3. The average molecular weight is 378 g/mol. The van der Waals surface area contributed by atoms with E-state index < -0.39 is 11.6 Å². The van der Waals surface area contributed by atoms with Crippen LogP contribution in [0.25, 0.3) is 0 Å². The van der Waals surface area contributed by atoms with E-state index in [0.29, 0.717) is 17.7 Å². The van der Waals surface area contributed by atoms with E-state index in [0.717, 1.165) is 18.7 Å². The molecule has 5 heteroatoms. The van der Waals surface area contributed by atoms with Crippen molar-refractivity contribution in [2.45, 2.75) is 26.4 Å². The first-order chi connectivity index (χ1) is 12.0. The molecule has 0 spiro atoms. The number of likely N-dealkylation sites (N-methyl/N-ethyl adjacent to an activating group) is 1. The van der Waals surface area contributed by atoms with Gasteiger partial charge in [0, 0.05) is 6.54 Å². The summed E-state index contributed by atoms with van der Waals surface area (Å²) in [6, 6.07) is 16.3. The normalized spacial score (nSPS) is 13.0. The van der Waals surface area contributed by atoms with Crippen LogP contribution in [0.2, 0.25) is 0 Å². The zero-order valence-corrected chi connectivity index (χ0v) is 16.5. The summed E-state index contributed by atoms with van der Waals surface area (Å²) in [6.45, 7) is 8.76. The van der Waals surface area contributed by atoms with Crippen LogP contribution in [0, 0.1) is 6.92 Å². The van der Waals surface area contributed by atoms with Crippen LogP contribution >= 0.6 is 12.4 Å². The summed E-state index contributed by atoms with van der Waals surface area (Å²) in [5.74, 6) is -0.642. The Balaban J connectivity index is 0.00000338. The average Bonchev–Trinajstić information content (AvgIpc) is 2.65. The first-order valence-corrected chi connectivity index (χ1v) is 8.77. The van der Waals surface area contributed by atoms with Crippen molar-refractivity contribution in [1.29, 1.82) is 0 Å². The van der Waals surface area contributed by atoms with Gasteiger partial charge in [-0.25, -0.2) is 4.79 Å². The van der Waals surface area contributed by atoms with Crippen molar-refractivity contribution in [3.63, 3.8) is 0 Å². The van der Waals surface area contributed by atoms with Gasteiger partial charge in [0.2, 0.25) is 5.60 Å². The number of carbonyl (C=O) groups is 1. The van der Waals surface area contributed by atoms with E-state index in [9.17, 15) is 9.90 Å². The number of nitrogens with zero attached hydrogens (tertiary/aromatic N) is 1. The van der Waals surface area contributed by atoms with Gasteiger partial charge in [-0.15, -0.1) is 12.4 Å². The summed E-state index contributed by atoms with van der Waals surface area (Å²) in [5, 5.41) is 11.3. The largest absolute Gasteiger partial charge is 0.462 e. The van der Waals surface area contributed by atoms with Gasteiger partial charge in [0.05, 0.1) is 0 Å². The minimum Gasteiger partial charge on any atom is -0.462 e. The SMILES string of the molecule is CCN(CC)CCOC(=O)C(O)(c1ccccc1)c1cccc(C)c1.Cl. The molecular weight excluding hydrogens is 350 g/mol. The maximum atomic E-state index is 12.8. The van der Waals surface area contributed by atoms with Gasteiger partial charge in [-0.05, 0) is 31.1 Å². The number of carbonyl (C=O) groups excluding carboxylic acids is 1. The van der Waals surface area contributed by atoms with Crippen molar-refractivity contribution < 1.29 is 14.6 Å². The molecule has 4 nitrogen and oxygen atoms in total. The van der Waals surface area contributed by atoms with Gasteiger partial charge in [0.15, 0.2) is 0 Å². The van der Waals surface area contributed by atoms with E-state index in [4.69, 9.17) is 4.74 Å². The maximum absolute atomic E-state index is 12.8. The fourth-order valence-corrected chi connectivity index (χ4v) is 2.86. The molecule has 0 heterocycles. The third-order valence-corrected chi connectivity index (χ3v) is 4.46. The standard InChI is InChI=1S/C21H27NO3.ClH/c1-4-22(5-2)14-15-25-20(23)21(24,18-11-7-6-8-12-18)19-13-9-10-17(3)16-19;/h6-13,16,24H,4-5,14-15H2,1-3H3;1H. The third kappa shape index (κ3) is 5.07. The Morgan fingerprint density at radius 1 is 1.04 bits per heavy atom. The highest BCUT2D eigenvalue weighted by molar-refractivity contribution is 5.85. The molecule has 0 saturated carbocycles. The van der Waals surface area contributed by atoms with Crippen LogP contribution in [-0.4, -0.2) is 42.2 Å². The van der Waals surface area contributed by atoms with E-state index in [1.807, 2.05) is 31.2 Å². The van der Waals surface area contributed by atoms with E-state index in [1.54, 1.807) is 30.3 Å². The lowest BCUT2D eigenvalue weighted by Crippen LogP contribution is -2.40. The van der Waals surface area contributed by atoms with Crippen LogP contribution in [0.4, 0.5) is 0 Å². The van der Waals surface area contributed by atoms with Crippen LogP contribution in [0.3, 0.4) is 0 Å². The second-order valence-electron chi connectivity index (χ2n) is 6.11. The predicted molar refractivity (Wildman–Crippen MR) is 107 cm³/mol. The quantitative estimate of drug-likeness (QED) is 0.715. The van der Waals surface area contributed by atoms with Gasteiger partial charge in [0.25, 0.3) is 0 Å². The molecule has 26 heavy (non-hydrogen) atoms. The lowest BCUT2D eigenvalue weighted by atomic mass is 9.85. The van der Waals surface area contributed by atoms with Crippen molar-refractivity contribution in [3.05, 3.63) is 71.3 Å². The van der Waals surface area contributed by atoms with Crippen molar-refractivity contribution in [2.24, 2.45) is 0 Å². The number of hydrogen-bond acceptors (Lipinski definition) is 4. The monoisotopic (exact) mass is 377 g/mol. The maximum Gasteiger partial charge on any atom is 0.347 e. The van der Waals surface area contributed by atoms with Crippen LogP contribution < -0.4 is 0 Å². The smallest absolute Gasteiger partial charge is 0.347 e. The Morgan fingerprint density at radius 3 is 2.23 bits per heavy atom. The molecule has 1 unspecified atom stereocenters. The number of aliphatic hydroxyl groups is 1. The van der Waals surface area contributed by atoms with E-state index >= 15 is 0 Å². The zero-order valence-electron chi connectivity index (χ0n) is 15.6. The van der Waals surface area contributed by atoms with Gasteiger partial charge < -0.3 is 14.7 Å². The number of rotatable bonds is 8. The van der Waals surface area contributed by atoms with Crippen LogP contribution in [0.5, 0.6) is 0 Å². The molecule has 142 valence electrons. The van der Waals surface area contributed by atoms with Crippen molar-refractivity contribution >= 4 is 18.4 Å². The summed E-state index contributed by atoms with van der Waals surface area (Å²) >= 11 is 0. The Kier molecular flexibility index (Phi) is 8.79. The lowest BCUT2D eigenvalue weighted by molar-refractivity contribution is -0.162. The number of ether oxygens (including phenoxy) is 1. The number of esters is 1. The molecule has 2 aromatic carbocycles. The summed E-state index contributed by atoms with van der Waals surface area (Å²) in [6.07, 6.45) is 0. The number of hydrogen-bond donors (Lipinski definition) is 1. The first-order valence-electron chi connectivity index (χ1n) is 8.77. The Morgan fingerprint density at radius 2 is 1.65 bits per heavy atom. The molecule has 1 N–H and O–H groups in total. The fourth-order valence-electron chi connectivity index (χ4n) is 2.86. The summed E-state index contributed by atoms with van der Waals surface area (Å²) in [7, 11) is 0. The molecule has 0 fully saturated rings. The lowest BCUT2D eigenvalue weighted by Gasteiger charge is -2.28. The molecule has 2 rings (SSSR count). The minimum atomic E-state index is -1.81. The Hall–Kier alpha value is -1.88. The topological polar surface area (TPSA) is 49.8 Å². The van der Waals surface area contributed by atoms with Crippen molar-refractivity contribution in [2.75, 3.05) is 26.2 Å². The molecule has 0 aliphatic heterocycles. The number of aryl methyl sites for hydroxylation is 1. The highest BCUT2D eigenvalue weighted by Gasteiger charge is 2.41. The summed E-state index contributed by atoms with van der Waals surface area (Å²) in [5.41, 5.74) is 0.194. The molecule has 0 aliphatic rings. The van der Waals surface area contributed by atoms with Crippen molar-refractivity contribution in [1.82, 2.24) is 4.90 Å². The van der Waals surface area contributed by atoms with Gasteiger partial charge in [0.1, 0.15) is 6.61 Å². The van der Waals surface area contributed by atoms with E-state index in [-0.39, 0.29) is 19.0 Å². The van der Waals surface area contributed by atoms with E-state index in [1.165, 1.54) is 0 Å². The van der Waals surface area contributed by atoms with Crippen molar-refractivity contribution in [3.8, 4) is 0 Å². The summed E-state index contributed by atoms with van der Waals surface area (Å²) < 4.78 is 5.46. The molecule has 0 bridgehead atoms. The molecule has 2 aromatic rings. The van der Waals surface area contributed by atoms with Crippen LogP contribution in [-0.2, 0) is 15.1 Å². The second-order valence-corrected chi connectivity index (χ2v) is 6.11. The Bertz CT molecular complexity index is 689. The van der Waals surface area contributed by atoms with Crippen LogP contribution in [0.15, 0.2) is 54.6 Å². The van der Waals surface area contributed by atoms with Gasteiger partial charge in [-0.3, -0.25) is 0 Å². The number of benzene rings is 2. The fraction of sp³-hybridized carbons (Fsp3) is 0.381. The van der Waals surface area contributed by atoms with Gasteiger partial charge in [-0.1, -0.05) is 74.0 Å². The summed E-state index contributed by atoms with van der Waals surface area (Å²) in [4.78, 5) is 15.0. The molecule has 0 amide bonds. The molecule has 1 atom stereocenters. The third-order valence-electron chi connectivity index (χ3n) is 4.46. The second kappa shape index (κ2) is 10.3. The highest BCUT2D eigenvalue weighted by Crippen LogP contribution is 2.31. The highest BCUT2D eigenvalue weighted by atomic mass is 35.5. The minimum absolute atomic E-state index is 0. The van der Waals surface area contributed by atoms with Gasteiger partial charge in [-0.2, -0.15) is 0 Å². The number of halogens is 1. The Labute approximate surface area is 162 Å². The van der Waals surface area contributed by atoms with Gasteiger partial charge >= 0.3 is 5.97 Å². The van der Waals surface area contributed by atoms with E-state index in [2.05, 4.69) is 18.7 Å². The molecule has 0 saturated heterocycles. The predicted octanol–water partition coefficient (Wildman–Crippen LogP) is 3.54. The van der Waals surface area contributed by atoms with Crippen LogP contribution in [0.1, 0.15) is 30.5 Å². The first kappa shape index (κ1) is 22.2. The molecule has 0 aromatic heterocycles.